The van der Waals surface area contributed by atoms with Crippen LogP contribution in [0.5, 0.6) is 5.75 Å². The SMILES string of the molecule is COC1=C(c2ccc(OC)cc2)OC2=C[C@H](O)C=C(O)C2=C1. The van der Waals surface area contributed by atoms with Crippen LogP contribution in [0.4, 0.5) is 0 Å². The molecule has 1 aromatic carbocycles. The summed E-state index contributed by atoms with van der Waals surface area (Å²) in [4.78, 5) is 0. The molecule has 1 aliphatic heterocycles. The first-order valence-corrected chi connectivity index (χ1v) is 6.76. The average molecular weight is 300 g/mol. The van der Waals surface area contributed by atoms with E-state index in [2.05, 4.69) is 0 Å². The largest absolute Gasteiger partial charge is 0.507 e. The lowest BCUT2D eigenvalue weighted by Gasteiger charge is -2.25. The van der Waals surface area contributed by atoms with Crippen LogP contribution in [-0.2, 0) is 9.47 Å². The summed E-state index contributed by atoms with van der Waals surface area (Å²) < 4.78 is 16.3. The topological polar surface area (TPSA) is 68.2 Å². The van der Waals surface area contributed by atoms with Crippen LogP contribution in [0.1, 0.15) is 5.56 Å². The Morgan fingerprint density at radius 3 is 2.41 bits per heavy atom. The second kappa shape index (κ2) is 5.61. The molecule has 0 bridgehead atoms. The van der Waals surface area contributed by atoms with Crippen molar-refractivity contribution in [3.63, 3.8) is 0 Å². The number of hydrogen-bond acceptors (Lipinski definition) is 5. The normalized spacial score (nSPS) is 20.3. The molecule has 0 radical (unpaired) electrons. The molecule has 2 aliphatic rings. The monoisotopic (exact) mass is 300 g/mol. The number of aliphatic hydroxyl groups excluding tert-OH is 2. The van der Waals surface area contributed by atoms with E-state index in [1.807, 2.05) is 24.3 Å². The number of fused-ring (bicyclic) bond motifs is 1. The molecule has 3 rings (SSSR count). The van der Waals surface area contributed by atoms with Gasteiger partial charge in [0.25, 0.3) is 0 Å². The Morgan fingerprint density at radius 2 is 1.77 bits per heavy atom. The van der Waals surface area contributed by atoms with Crippen LogP contribution >= 0.6 is 0 Å². The summed E-state index contributed by atoms with van der Waals surface area (Å²) in [7, 11) is 3.14. The van der Waals surface area contributed by atoms with Crippen molar-refractivity contribution >= 4 is 5.76 Å². The first kappa shape index (κ1) is 14.3. The van der Waals surface area contributed by atoms with E-state index < -0.39 is 6.10 Å². The highest BCUT2D eigenvalue weighted by Gasteiger charge is 2.27. The van der Waals surface area contributed by atoms with Crippen LogP contribution in [-0.4, -0.2) is 30.5 Å². The van der Waals surface area contributed by atoms with Crippen LogP contribution < -0.4 is 4.74 Å². The first-order chi connectivity index (χ1) is 10.6. The molecule has 1 atom stereocenters. The molecule has 0 saturated heterocycles. The first-order valence-electron chi connectivity index (χ1n) is 6.76. The molecule has 0 fully saturated rings. The molecule has 1 aliphatic carbocycles. The van der Waals surface area contributed by atoms with E-state index in [-0.39, 0.29) is 5.76 Å². The molecule has 0 amide bonds. The van der Waals surface area contributed by atoms with Crippen LogP contribution in [0.3, 0.4) is 0 Å². The minimum Gasteiger partial charge on any atom is -0.507 e. The third kappa shape index (κ3) is 2.46. The fraction of sp³-hybridized carbons (Fsp3) is 0.176. The Hall–Kier alpha value is -2.66. The van der Waals surface area contributed by atoms with Crippen molar-refractivity contribution in [2.45, 2.75) is 6.10 Å². The maximum Gasteiger partial charge on any atom is 0.176 e. The number of aliphatic hydroxyl groups is 2. The second-order valence-corrected chi connectivity index (χ2v) is 4.86. The van der Waals surface area contributed by atoms with E-state index >= 15 is 0 Å². The maximum atomic E-state index is 9.93. The highest BCUT2D eigenvalue weighted by atomic mass is 16.5. The zero-order valence-corrected chi connectivity index (χ0v) is 12.2. The van der Waals surface area contributed by atoms with Crippen molar-refractivity contribution in [2.75, 3.05) is 14.2 Å². The van der Waals surface area contributed by atoms with Gasteiger partial charge in [0.1, 0.15) is 17.3 Å². The Kier molecular flexibility index (Phi) is 3.65. The highest BCUT2D eigenvalue weighted by molar-refractivity contribution is 5.70. The van der Waals surface area contributed by atoms with E-state index in [4.69, 9.17) is 14.2 Å². The van der Waals surface area contributed by atoms with Gasteiger partial charge in [0.15, 0.2) is 11.5 Å². The lowest BCUT2D eigenvalue weighted by atomic mass is 9.99. The van der Waals surface area contributed by atoms with Crippen LogP contribution in [0.25, 0.3) is 5.76 Å². The number of rotatable bonds is 3. The number of benzene rings is 1. The predicted octanol–water partition coefficient (Wildman–Crippen LogP) is 2.67. The summed E-state index contributed by atoms with van der Waals surface area (Å²) in [5, 5.41) is 19.6. The van der Waals surface area contributed by atoms with Gasteiger partial charge in [-0.05, 0) is 42.5 Å². The Morgan fingerprint density at radius 1 is 1.05 bits per heavy atom. The van der Waals surface area contributed by atoms with Crippen LogP contribution in [0, 0.1) is 0 Å². The molecular weight excluding hydrogens is 284 g/mol. The molecule has 1 heterocycles. The number of hydrogen-bond donors (Lipinski definition) is 2. The van der Waals surface area contributed by atoms with Crippen molar-refractivity contribution in [3.05, 3.63) is 70.9 Å². The van der Waals surface area contributed by atoms with Crippen molar-refractivity contribution in [1.29, 1.82) is 0 Å². The van der Waals surface area contributed by atoms with Gasteiger partial charge < -0.3 is 24.4 Å². The van der Waals surface area contributed by atoms with Crippen LogP contribution in [0.2, 0.25) is 0 Å². The van der Waals surface area contributed by atoms with Gasteiger partial charge in [0.05, 0.1) is 25.9 Å². The minimum absolute atomic E-state index is 0.0340. The summed E-state index contributed by atoms with van der Waals surface area (Å²) in [5.74, 6) is 2.12. The fourth-order valence-electron chi connectivity index (χ4n) is 2.36. The Labute approximate surface area is 128 Å². The molecular formula is C17H16O5. The van der Waals surface area contributed by atoms with Gasteiger partial charge in [0.2, 0.25) is 0 Å². The molecule has 0 saturated carbocycles. The quantitative estimate of drug-likeness (QED) is 0.898. The van der Waals surface area contributed by atoms with Crippen LogP contribution in [0.15, 0.2) is 65.3 Å². The highest BCUT2D eigenvalue weighted by Crippen LogP contribution is 2.37. The van der Waals surface area contributed by atoms with E-state index in [1.165, 1.54) is 19.3 Å². The van der Waals surface area contributed by atoms with Crippen molar-refractivity contribution in [2.24, 2.45) is 0 Å². The van der Waals surface area contributed by atoms with E-state index in [0.29, 0.717) is 22.9 Å². The van der Waals surface area contributed by atoms with Gasteiger partial charge in [-0.2, -0.15) is 0 Å². The molecule has 0 unspecified atom stereocenters. The standard InChI is InChI=1S/C17H16O5/c1-20-12-5-3-10(4-6-12)17-16(21-2)9-13-14(19)7-11(18)8-15(13)22-17/h3-9,11,18-19H,1-2H3/t11-/m1/s1. The molecule has 1 aromatic rings. The van der Waals surface area contributed by atoms with Gasteiger partial charge >= 0.3 is 0 Å². The predicted molar refractivity (Wildman–Crippen MR) is 80.9 cm³/mol. The lowest BCUT2D eigenvalue weighted by Crippen LogP contribution is -2.15. The zero-order valence-electron chi connectivity index (χ0n) is 12.2. The van der Waals surface area contributed by atoms with E-state index in [1.54, 1.807) is 13.2 Å². The number of methoxy groups -OCH3 is 2. The molecule has 5 heteroatoms. The molecule has 114 valence electrons. The van der Waals surface area contributed by atoms with Crippen molar-refractivity contribution in [1.82, 2.24) is 0 Å². The van der Waals surface area contributed by atoms with Gasteiger partial charge in [-0.3, -0.25) is 0 Å². The smallest absolute Gasteiger partial charge is 0.176 e. The zero-order chi connectivity index (χ0) is 15.7. The second-order valence-electron chi connectivity index (χ2n) is 4.86. The minimum atomic E-state index is -0.881. The third-order valence-corrected chi connectivity index (χ3v) is 3.48. The summed E-state index contributed by atoms with van der Waals surface area (Å²) in [6.07, 6.45) is 3.67. The van der Waals surface area contributed by atoms with Gasteiger partial charge in [0, 0.05) is 5.56 Å². The number of allylic oxidation sites excluding steroid dienone is 1. The summed E-state index contributed by atoms with van der Waals surface area (Å²) in [5.41, 5.74) is 1.29. The molecule has 5 nitrogen and oxygen atoms in total. The summed E-state index contributed by atoms with van der Waals surface area (Å²) in [6, 6.07) is 7.34. The maximum absolute atomic E-state index is 9.93. The van der Waals surface area contributed by atoms with E-state index in [0.717, 1.165) is 11.3 Å². The summed E-state index contributed by atoms with van der Waals surface area (Å²) >= 11 is 0. The molecule has 2 N–H and O–H groups in total. The van der Waals surface area contributed by atoms with Crippen molar-refractivity contribution < 1.29 is 24.4 Å². The third-order valence-electron chi connectivity index (χ3n) is 3.48. The van der Waals surface area contributed by atoms with Gasteiger partial charge in [-0.25, -0.2) is 0 Å². The fourth-order valence-corrected chi connectivity index (χ4v) is 2.36. The van der Waals surface area contributed by atoms with Gasteiger partial charge in [-0.15, -0.1) is 0 Å². The van der Waals surface area contributed by atoms with E-state index in [9.17, 15) is 10.2 Å². The molecule has 22 heavy (non-hydrogen) atoms. The Bertz CT molecular complexity index is 707. The van der Waals surface area contributed by atoms with Gasteiger partial charge in [-0.1, -0.05) is 0 Å². The van der Waals surface area contributed by atoms with Crippen molar-refractivity contribution in [3.8, 4) is 5.75 Å². The molecule has 0 spiro atoms. The summed E-state index contributed by atoms with van der Waals surface area (Å²) in [6.45, 7) is 0. The lowest BCUT2D eigenvalue weighted by molar-refractivity contribution is 0.239. The average Bonchev–Trinajstić information content (AvgIpc) is 2.53. The number of ether oxygens (including phenoxy) is 3. The Balaban J connectivity index is 2.05. The molecule has 0 aromatic heterocycles.